The van der Waals surface area contributed by atoms with Gasteiger partial charge in [-0.15, -0.1) is 0 Å². The molecule has 0 saturated carbocycles. The van der Waals surface area contributed by atoms with E-state index in [9.17, 15) is 9.59 Å². The first-order valence-corrected chi connectivity index (χ1v) is 6.13. The molecule has 1 aromatic heterocycles. The number of rotatable bonds is 4. The van der Waals surface area contributed by atoms with Gasteiger partial charge >= 0.3 is 12.1 Å². The summed E-state index contributed by atoms with van der Waals surface area (Å²) in [5.41, 5.74) is 7.07. The number of hydrogen-bond acceptors (Lipinski definition) is 4. The van der Waals surface area contributed by atoms with Gasteiger partial charge in [-0.1, -0.05) is 6.92 Å². The van der Waals surface area contributed by atoms with Crippen molar-refractivity contribution in [2.75, 3.05) is 11.1 Å². The first-order chi connectivity index (χ1) is 9.92. The van der Waals surface area contributed by atoms with Crippen LogP contribution in [0.1, 0.15) is 23.0 Å². The molecule has 0 unspecified atom stereocenters. The molecule has 0 saturated heterocycles. The summed E-state index contributed by atoms with van der Waals surface area (Å²) in [5.74, 6) is -0.963. The first-order valence-electron chi connectivity index (χ1n) is 6.13. The van der Waals surface area contributed by atoms with Gasteiger partial charge in [0, 0.05) is 6.20 Å². The highest BCUT2D eigenvalue weighted by Crippen LogP contribution is 2.25. The Kier molecular flexibility index (Phi) is 3.79. The molecule has 0 spiro atoms. The van der Waals surface area contributed by atoms with E-state index in [2.05, 4.69) is 10.3 Å². The maximum Gasteiger partial charge on any atom is 0.409 e. The van der Waals surface area contributed by atoms with Crippen LogP contribution in [-0.4, -0.2) is 31.8 Å². The third kappa shape index (κ3) is 2.94. The molecule has 1 heterocycles. The number of aromatic nitrogens is 2. The van der Waals surface area contributed by atoms with Gasteiger partial charge in [0.2, 0.25) is 5.95 Å². The number of amides is 1. The second-order valence-corrected chi connectivity index (χ2v) is 4.28. The van der Waals surface area contributed by atoms with E-state index in [1.165, 1.54) is 22.8 Å². The van der Waals surface area contributed by atoms with Crippen LogP contribution in [0.15, 0.2) is 24.4 Å². The lowest BCUT2D eigenvalue weighted by Crippen LogP contribution is -2.12. The summed E-state index contributed by atoms with van der Waals surface area (Å²) in [6, 6.07) is 4.02. The Hall–Kier alpha value is -3.03. The summed E-state index contributed by atoms with van der Waals surface area (Å²) in [6.07, 6.45) is 1.04. The summed E-state index contributed by atoms with van der Waals surface area (Å²) in [6.45, 7) is 1.90. The summed E-state index contributed by atoms with van der Waals surface area (Å²) < 4.78 is 1.45. The number of carboxylic acid groups (broad SMARTS) is 2. The minimum atomic E-state index is -1.26. The molecule has 0 bridgehead atoms. The topological polar surface area (TPSA) is 130 Å². The number of aromatic carboxylic acids is 1. The summed E-state index contributed by atoms with van der Waals surface area (Å²) in [5, 5.41) is 20.1. The van der Waals surface area contributed by atoms with E-state index >= 15 is 0 Å². The van der Waals surface area contributed by atoms with Gasteiger partial charge in [-0.05, 0) is 24.6 Å². The molecule has 0 aliphatic rings. The van der Waals surface area contributed by atoms with Crippen LogP contribution < -0.4 is 11.1 Å². The van der Waals surface area contributed by atoms with Crippen LogP contribution in [-0.2, 0) is 6.42 Å². The van der Waals surface area contributed by atoms with Crippen molar-refractivity contribution in [1.82, 2.24) is 9.55 Å². The van der Waals surface area contributed by atoms with Gasteiger partial charge in [-0.3, -0.25) is 9.88 Å². The first kappa shape index (κ1) is 14.4. The van der Waals surface area contributed by atoms with Crippen LogP contribution in [0.4, 0.5) is 16.4 Å². The zero-order valence-corrected chi connectivity index (χ0v) is 11.2. The highest BCUT2D eigenvalue weighted by atomic mass is 16.4. The average Bonchev–Trinajstić information content (AvgIpc) is 2.79. The Labute approximate surface area is 119 Å². The van der Waals surface area contributed by atoms with E-state index in [0.717, 1.165) is 5.69 Å². The summed E-state index contributed by atoms with van der Waals surface area (Å²) in [7, 11) is 0. The Morgan fingerprint density at radius 3 is 2.62 bits per heavy atom. The lowest BCUT2D eigenvalue weighted by molar-refractivity contribution is 0.0697. The Balaban J connectivity index is 2.61. The number of nitrogens with one attached hydrogen (secondary N) is 1. The fourth-order valence-corrected chi connectivity index (χ4v) is 1.89. The molecule has 2 rings (SSSR count). The number of hydrogen-bond donors (Lipinski definition) is 4. The molecule has 5 N–H and O–H groups in total. The van der Waals surface area contributed by atoms with Crippen molar-refractivity contribution < 1.29 is 19.8 Å². The highest BCUT2D eigenvalue weighted by Gasteiger charge is 2.14. The molecule has 0 radical (unpaired) electrons. The van der Waals surface area contributed by atoms with Gasteiger partial charge in [0.15, 0.2) is 0 Å². The molecule has 0 fully saturated rings. The highest BCUT2D eigenvalue weighted by molar-refractivity contribution is 5.92. The normalized spacial score (nSPS) is 10.3. The number of nitrogens with zero attached hydrogens (tertiary/aromatic N) is 2. The number of anilines is 2. The second-order valence-electron chi connectivity index (χ2n) is 4.28. The molecule has 110 valence electrons. The monoisotopic (exact) mass is 290 g/mol. The van der Waals surface area contributed by atoms with Crippen molar-refractivity contribution in [1.29, 1.82) is 0 Å². The zero-order valence-electron chi connectivity index (χ0n) is 11.2. The number of carboxylic acids is 1. The number of aryl methyl sites for hydroxylation is 1. The molecule has 0 aliphatic heterocycles. The Bertz CT molecular complexity index is 708. The van der Waals surface area contributed by atoms with Gasteiger partial charge in [0.1, 0.15) is 0 Å². The predicted molar refractivity (Wildman–Crippen MR) is 76.0 cm³/mol. The Morgan fingerprint density at radius 2 is 2.10 bits per heavy atom. The molecule has 0 aliphatic carbocycles. The van der Waals surface area contributed by atoms with Crippen molar-refractivity contribution in [2.24, 2.45) is 0 Å². The molecular formula is C13H14N4O4. The Morgan fingerprint density at radius 1 is 1.38 bits per heavy atom. The van der Waals surface area contributed by atoms with Crippen molar-refractivity contribution >= 4 is 23.7 Å². The van der Waals surface area contributed by atoms with Crippen molar-refractivity contribution in [3.8, 4) is 5.69 Å². The summed E-state index contributed by atoms with van der Waals surface area (Å²) in [4.78, 5) is 26.0. The zero-order chi connectivity index (χ0) is 15.6. The van der Waals surface area contributed by atoms with E-state index in [4.69, 9.17) is 15.9 Å². The average molecular weight is 290 g/mol. The fourth-order valence-electron chi connectivity index (χ4n) is 1.89. The molecular weight excluding hydrogens is 276 g/mol. The minimum absolute atomic E-state index is 0.0205. The van der Waals surface area contributed by atoms with Gasteiger partial charge < -0.3 is 15.9 Å². The maximum absolute atomic E-state index is 11.1. The number of nitrogen functional groups attached to an aromatic ring is 1. The largest absolute Gasteiger partial charge is 0.478 e. The second kappa shape index (κ2) is 5.53. The van der Waals surface area contributed by atoms with Crippen molar-refractivity contribution in [3.63, 3.8) is 0 Å². The molecule has 2 aromatic rings. The van der Waals surface area contributed by atoms with E-state index in [1.807, 2.05) is 6.92 Å². The van der Waals surface area contributed by atoms with E-state index in [1.54, 1.807) is 6.20 Å². The van der Waals surface area contributed by atoms with Crippen molar-refractivity contribution in [2.45, 2.75) is 13.3 Å². The van der Waals surface area contributed by atoms with E-state index in [-0.39, 0.29) is 17.2 Å². The van der Waals surface area contributed by atoms with E-state index in [0.29, 0.717) is 12.1 Å². The molecule has 8 heteroatoms. The third-order valence-corrected chi connectivity index (χ3v) is 2.89. The number of imidazole rings is 1. The number of nitrogens with two attached hydrogens (primary N) is 1. The van der Waals surface area contributed by atoms with Crippen LogP contribution in [0.5, 0.6) is 0 Å². The quantitative estimate of drug-likeness (QED) is 0.679. The lowest BCUT2D eigenvalue weighted by atomic mass is 10.1. The lowest BCUT2D eigenvalue weighted by Gasteiger charge is -2.12. The third-order valence-electron chi connectivity index (χ3n) is 2.89. The molecule has 1 amide bonds. The fraction of sp³-hybridized carbons (Fsp3) is 0.154. The molecule has 0 atom stereocenters. The van der Waals surface area contributed by atoms with Crippen LogP contribution >= 0.6 is 0 Å². The number of carbonyl (C=O) groups is 2. The van der Waals surface area contributed by atoms with Gasteiger partial charge in [-0.25, -0.2) is 14.6 Å². The smallest absolute Gasteiger partial charge is 0.409 e. The van der Waals surface area contributed by atoms with Crippen LogP contribution in [0.2, 0.25) is 0 Å². The van der Waals surface area contributed by atoms with Crippen LogP contribution in [0.3, 0.4) is 0 Å². The molecule has 21 heavy (non-hydrogen) atoms. The SMILES string of the molecule is CCc1cn(-c2cc(C(=O)O)ccc2NC(=O)O)c(N)n1. The minimum Gasteiger partial charge on any atom is -0.478 e. The maximum atomic E-state index is 11.1. The van der Waals surface area contributed by atoms with Crippen LogP contribution in [0.25, 0.3) is 5.69 Å². The predicted octanol–water partition coefficient (Wildman–Crippen LogP) is 1.80. The number of benzene rings is 1. The van der Waals surface area contributed by atoms with Gasteiger partial charge in [-0.2, -0.15) is 0 Å². The summed E-state index contributed by atoms with van der Waals surface area (Å²) >= 11 is 0. The standard InChI is InChI=1S/C13H14N4O4/c1-2-8-6-17(12(14)15-8)10-5-7(11(18)19)3-4-9(10)16-13(20)21/h3-6,16H,2H2,1H3,(H2,14,15)(H,18,19)(H,20,21). The van der Waals surface area contributed by atoms with Crippen molar-refractivity contribution in [3.05, 3.63) is 35.7 Å². The molecule has 8 nitrogen and oxygen atoms in total. The van der Waals surface area contributed by atoms with E-state index < -0.39 is 12.1 Å². The molecule has 1 aromatic carbocycles. The van der Waals surface area contributed by atoms with Crippen LogP contribution in [0, 0.1) is 0 Å². The van der Waals surface area contributed by atoms with Gasteiger partial charge in [0.25, 0.3) is 0 Å². The van der Waals surface area contributed by atoms with Gasteiger partial charge in [0.05, 0.1) is 22.6 Å².